The van der Waals surface area contributed by atoms with Crippen LogP contribution in [0.5, 0.6) is 5.75 Å². The first-order valence-corrected chi connectivity index (χ1v) is 5.80. The molecule has 1 aromatic carbocycles. The van der Waals surface area contributed by atoms with Crippen LogP contribution in [0.1, 0.15) is 6.42 Å². The van der Waals surface area contributed by atoms with E-state index in [1.54, 1.807) is 18.2 Å². The van der Waals surface area contributed by atoms with Crippen LogP contribution in [0.4, 0.5) is 0 Å². The van der Waals surface area contributed by atoms with Gasteiger partial charge in [-0.25, -0.2) is 0 Å². The molecule has 0 unspecified atom stereocenters. The predicted octanol–water partition coefficient (Wildman–Crippen LogP) is 2.98. The van der Waals surface area contributed by atoms with Crippen LogP contribution in [0.3, 0.4) is 0 Å². The van der Waals surface area contributed by atoms with Gasteiger partial charge in [-0.2, -0.15) is 0 Å². The molecule has 0 saturated carbocycles. The van der Waals surface area contributed by atoms with Gasteiger partial charge in [0.15, 0.2) is 0 Å². The van der Waals surface area contributed by atoms with Gasteiger partial charge in [0.25, 0.3) is 0 Å². The van der Waals surface area contributed by atoms with Gasteiger partial charge in [0.1, 0.15) is 5.75 Å². The van der Waals surface area contributed by atoms with Gasteiger partial charge in [-0.05, 0) is 37.6 Å². The Morgan fingerprint density at radius 1 is 1.33 bits per heavy atom. The first-order valence-electron chi connectivity index (χ1n) is 5.04. The van der Waals surface area contributed by atoms with Crippen molar-refractivity contribution in [3.8, 4) is 5.75 Å². The topological polar surface area (TPSA) is 21.3 Å². The summed E-state index contributed by atoms with van der Waals surface area (Å²) in [5.74, 6) is 1.43. The predicted molar refractivity (Wildman–Crippen MR) is 62.9 cm³/mol. The average Bonchev–Trinajstić information content (AvgIpc) is 2.15. The number of nitrogens with one attached hydrogen (secondary N) is 1. The summed E-state index contributed by atoms with van der Waals surface area (Å²) in [5.41, 5.74) is 0. The average molecular weight is 246 g/mol. The van der Waals surface area contributed by atoms with Crippen LogP contribution in [0.25, 0.3) is 0 Å². The highest BCUT2D eigenvalue weighted by Gasteiger charge is 2.16. The molecule has 0 atom stereocenters. The van der Waals surface area contributed by atoms with Crippen molar-refractivity contribution in [2.45, 2.75) is 6.42 Å². The number of hydrogen-bond donors (Lipinski definition) is 1. The zero-order valence-corrected chi connectivity index (χ0v) is 9.81. The zero-order valence-electron chi connectivity index (χ0n) is 8.30. The number of rotatable bonds is 4. The minimum absolute atomic E-state index is 0.617. The third-order valence-corrected chi connectivity index (χ3v) is 3.09. The van der Waals surface area contributed by atoms with Crippen molar-refractivity contribution in [3.63, 3.8) is 0 Å². The minimum atomic E-state index is 0.617. The Labute approximate surface area is 99.5 Å². The molecule has 1 saturated heterocycles. The molecule has 0 aromatic heterocycles. The van der Waals surface area contributed by atoms with Crippen molar-refractivity contribution in [2.75, 3.05) is 19.7 Å². The highest BCUT2D eigenvalue weighted by atomic mass is 35.5. The number of benzene rings is 1. The minimum Gasteiger partial charge on any atom is -0.492 e. The molecular weight excluding hydrogens is 233 g/mol. The van der Waals surface area contributed by atoms with E-state index in [0.717, 1.165) is 25.4 Å². The van der Waals surface area contributed by atoms with Crippen molar-refractivity contribution < 1.29 is 4.74 Å². The fraction of sp³-hybridized carbons (Fsp3) is 0.455. The molecule has 1 N–H and O–H groups in total. The van der Waals surface area contributed by atoms with E-state index in [1.807, 2.05) is 0 Å². The monoisotopic (exact) mass is 245 g/mol. The molecule has 0 radical (unpaired) electrons. The summed E-state index contributed by atoms with van der Waals surface area (Å²) in [4.78, 5) is 0. The van der Waals surface area contributed by atoms with Crippen LogP contribution in [0, 0.1) is 5.92 Å². The zero-order chi connectivity index (χ0) is 10.7. The summed E-state index contributed by atoms with van der Waals surface area (Å²) < 4.78 is 5.58. The molecule has 0 bridgehead atoms. The molecule has 4 heteroatoms. The van der Waals surface area contributed by atoms with Crippen LogP contribution in [0.15, 0.2) is 18.2 Å². The SMILES string of the molecule is Clc1ccc(Cl)c(OCCC2CNC2)c1. The lowest BCUT2D eigenvalue weighted by molar-refractivity contribution is 0.238. The van der Waals surface area contributed by atoms with Crippen LogP contribution in [0.2, 0.25) is 10.0 Å². The van der Waals surface area contributed by atoms with E-state index < -0.39 is 0 Å². The Bertz CT molecular complexity index is 339. The number of ether oxygens (including phenoxy) is 1. The van der Waals surface area contributed by atoms with E-state index in [4.69, 9.17) is 27.9 Å². The largest absolute Gasteiger partial charge is 0.492 e. The smallest absolute Gasteiger partial charge is 0.139 e. The van der Waals surface area contributed by atoms with Gasteiger partial charge in [-0.15, -0.1) is 0 Å². The Morgan fingerprint density at radius 2 is 2.13 bits per heavy atom. The van der Waals surface area contributed by atoms with E-state index in [1.165, 1.54) is 0 Å². The fourth-order valence-corrected chi connectivity index (χ4v) is 1.81. The van der Waals surface area contributed by atoms with Crippen molar-refractivity contribution in [1.29, 1.82) is 0 Å². The highest BCUT2D eigenvalue weighted by Crippen LogP contribution is 2.28. The summed E-state index contributed by atoms with van der Waals surface area (Å²) in [7, 11) is 0. The molecule has 1 aliphatic rings. The Balaban J connectivity index is 1.83. The van der Waals surface area contributed by atoms with E-state index in [2.05, 4.69) is 5.32 Å². The number of halogens is 2. The second kappa shape index (κ2) is 5.06. The van der Waals surface area contributed by atoms with Crippen molar-refractivity contribution >= 4 is 23.2 Å². The summed E-state index contributed by atoms with van der Waals surface area (Å²) in [6, 6.07) is 5.26. The summed E-state index contributed by atoms with van der Waals surface area (Å²) >= 11 is 11.8. The van der Waals surface area contributed by atoms with Crippen molar-refractivity contribution in [2.24, 2.45) is 5.92 Å². The molecule has 82 valence electrons. The maximum Gasteiger partial charge on any atom is 0.139 e. The fourth-order valence-electron chi connectivity index (χ4n) is 1.48. The highest BCUT2D eigenvalue weighted by molar-refractivity contribution is 6.34. The van der Waals surface area contributed by atoms with Crippen molar-refractivity contribution in [3.05, 3.63) is 28.2 Å². The van der Waals surface area contributed by atoms with Gasteiger partial charge in [0, 0.05) is 11.1 Å². The van der Waals surface area contributed by atoms with Gasteiger partial charge in [-0.3, -0.25) is 0 Å². The van der Waals surface area contributed by atoms with Gasteiger partial charge in [0.05, 0.1) is 11.6 Å². The molecule has 0 amide bonds. The van der Waals surface area contributed by atoms with Crippen LogP contribution < -0.4 is 10.1 Å². The lowest BCUT2D eigenvalue weighted by Gasteiger charge is -2.26. The van der Waals surface area contributed by atoms with E-state index in [-0.39, 0.29) is 0 Å². The van der Waals surface area contributed by atoms with Gasteiger partial charge < -0.3 is 10.1 Å². The third kappa shape index (κ3) is 3.00. The quantitative estimate of drug-likeness (QED) is 0.881. The molecule has 1 heterocycles. The molecule has 0 spiro atoms. The molecule has 0 aliphatic carbocycles. The van der Waals surface area contributed by atoms with Crippen LogP contribution >= 0.6 is 23.2 Å². The standard InChI is InChI=1S/C11H13Cl2NO/c12-9-1-2-10(13)11(5-9)15-4-3-8-6-14-7-8/h1-2,5,8,14H,3-4,6-7H2. The van der Waals surface area contributed by atoms with E-state index >= 15 is 0 Å². The lowest BCUT2D eigenvalue weighted by Crippen LogP contribution is -2.42. The summed E-state index contributed by atoms with van der Waals surface area (Å²) in [5, 5.41) is 4.50. The van der Waals surface area contributed by atoms with Crippen molar-refractivity contribution in [1.82, 2.24) is 5.32 Å². The lowest BCUT2D eigenvalue weighted by atomic mass is 10.0. The van der Waals surface area contributed by atoms with Crippen LogP contribution in [-0.2, 0) is 0 Å². The number of hydrogen-bond acceptors (Lipinski definition) is 2. The Hall–Kier alpha value is -0.440. The first-order chi connectivity index (χ1) is 7.25. The molecule has 1 aliphatic heterocycles. The second-order valence-electron chi connectivity index (χ2n) is 3.74. The molecule has 1 aromatic rings. The molecular formula is C11H13Cl2NO. The van der Waals surface area contributed by atoms with E-state index in [0.29, 0.717) is 22.4 Å². The molecule has 15 heavy (non-hydrogen) atoms. The Morgan fingerprint density at radius 3 is 2.80 bits per heavy atom. The van der Waals surface area contributed by atoms with Gasteiger partial charge in [-0.1, -0.05) is 23.2 Å². The maximum absolute atomic E-state index is 5.96. The van der Waals surface area contributed by atoms with E-state index in [9.17, 15) is 0 Å². The summed E-state index contributed by atoms with van der Waals surface area (Å²) in [6.07, 6.45) is 1.07. The summed E-state index contributed by atoms with van der Waals surface area (Å²) in [6.45, 7) is 2.91. The Kier molecular flexibility index (Phi) is 3.73. The molecule has 2 rings (SSSR count). The molecule has 1 fully saturated rings. The second-order valence-corrected chi connectivity index (χ2v) is 4.58. The normalized spacial score (nSPS) is 16.1. The van der Waals surface area contributed by atoms with Crippen LogP contribution in [-0.4, -0.2) is 19.7 Å². The van der Waals surface area contributed by atoms with Gasteiger partial charge >= 0.3 is 0 Å². The van der Waals surface area contributed by atoms with Gasteiger partial charge in [0.2, 0.25) is 0 Å². The maximum atomic E-state index is 5.96. The first kappa shape index (κ1) is 11.1. The third-order valence-electron chi connectivity index (χ3n) is 2.54. The molecule has 2 nitrogen and oxygen atoms in total.